The van der Waals surface area contributed by atoms with Gasteiger partial charge in [-0.2, -0.15) is 0 Å². The first-order valence-corrected chi connectivity index (χ1v) is 8.81. The molecule has 1 N–H and O–H groups in total. The lowest BCUT2D eigenvalue weighted by atomic mass is 10.1. The number of hydrogen-bond acceptors (Lipinski definition) is 2. The van der Waals surface area contributed by atoms with E-state index in [0.29, 0.717) is 0 Å². The molecular formula is C19H30N2. The first-order chi connectivity index (χ1) is 10.3. The minimum atomic E-state index is 0.960. The largest absolute Gasteiger partial charge is 0.371 e. The molecule has 0 amide bonds. The maximum Gasteiger partial charge on any atom is 0.0412 e. The topological polar surface area (TPSA) is 15.3 Å². The molecule has 0 radical (unpaired) electrons. The van der Waals surface area contributed by atoms with Crippen molar-refractivity contribution in [2.24, 2.45) is 11.8 Å². The molecule has 2 aliphatic carbocycles. The summed E-state index contributed by atoms with van der Waals surface area (Å²) in [5.74, 6) is 1.92. The molecule has 1 aromatic carbocycles. The summed E-state index contributed by atoms with van der Waals surface area (Å²) in [4.78, 5) is 2.69. The molecule has 0 saturated heterocycles. The van der Waals surface area contributed by atoms with Gasteiger partial charge in [0.25, 0.3) is 0 Å². The van der Waals surface area contributed by atoms with Gasteiger partial charge in [0.05, 0.1) is 0 Å². The first kappa shape index (κ1) is 14.9. The monoisotopic (exact) mass is 286 g/mol. The molecule has 0 aromatic heterocycles. The third kappa shape index (κ3) is 4.47. The molecule has 116 valence electrons. The molecule has 21 heavy (non-hydrogen) atoms. The molecule has 0 bridgehead atoms. The Bertz CT molecular complexity index is 447. The number of rotatable bonds is 9. The number of anilines is 1. The van der Waals surface area contributed by atoms with Gasteiger partial charge in [-0.1, -0.05) is 24.6 Å². The lowest BCUT2D eigenvalue weighted by Crippen LogP contribution is -2.30. The van der Waals surface area contributed by atoms with Gasteiger partial charge in [-0.05, 0) is 69.0 Å². The van der Waals surface area contributed by atoms with E-state index in [9.17, 15) is 0 Å². The second kappa shape index (κ2) is 6.83. The summed E-state index contributed by atoms with van der Waals surface area (Å²) in [6.45, 7) is 9.12. The van der Waals surface area contributed by atoms with Gasteiger partial charge >= 0.3 is 0 Å². The third-order valence-electron chi connectivity index (χ3n) is 4.67. The van der Waals surface area contributed by atoms with E-state index in [4.69, 9.17) is 0 Å². The zero-order chi connectivity index (χ0) is 14.7. The Kier molecular flexibility index (Phi) is 4.84. The number of aryl methyl sites for hydroxylation is 1. The summed E-state index contributed by atoms with van der Waals surface area (Å²) >= 11 is 0. The van der Waals surface area contributed by atoms with Crippen LogP contribution in [0, 0.1) is 18.8 Å². The maximum atomic E-state index is 3.59. The van der Waals surface area contributed by atoms with Crippen molar-refractivity contribution >= 4 is 5.69 Å². The van der Waals surface area contributed by atoms with Crippen molar-refractivity contribution in [2.75, 3.05) is 24.5 Å². The van der Waals surface area contributed by atoms with Crippen LogP contribution < -0.4 is 10.2 Å². The van der Waals surface area contributed by atoms with Crippen molar-refractivity contribution in [3.63, 3.8) is 0 Å². The SMILES string of the molecule is CCCNCc1cc(C)ccc1N(CC1CC1)CC1CC1. The summed E-state index contributed by atoms with van der Waals surface area (Å²) in [7, 11) is 0. The molecule has 0 spiro atoms. The van der Waals surface area contributed by atoms with E-state index >= 15 is 0 Å². The summed E-state index contributed by atoms with van der Waals surface area (Å²) in [6, 6.07) is 7.03. The Labute approximate surface area is 129 Å². The zero-order valence-electron chi connectivity index (χ0n) is 13.7. The predicted octanol–water partition coefficient (Wildman–Crippen LogP) is 4.12. The van der Waals surface area contributed by atoms with Gasteiger partial charge in [-0.3, -0.25) is 0 Å². The highest BCUT2D eigenvalue weighted by atomic mass is 15.1. The van der Waals surface area contributed by atoms with Crippen LogP contribution in [0.25, 0.3) is 0 Å². The van der Waals surface area contributed by atoms with Crippen LogP contribution in [0.3, 0.4) is 0 Å². The van der Waals surface area contributed by atoms with Gasteiger partial charge in [-0.15, -0.1) is 0 Å². The molecule has 0 atom stereocenters. The molecule has 0 aliphatic heterocycles. The van der Waals surface area contributed by atoms with Gasteiger partial charge < -0.3 is 10.2 Å². The summed E-state index contributed by atoms with van der Waals surface area (Å²) in [5.41, 5.74) is 4.36. The molecule has 3 rings (SSSR count). The van der Waals surface area contributed by atoms with Gasteiger partial charge in [0, 0.05) is 25.3 Å². The Morgan fingerprint density at radius 2 is 1.76 bits per heavy atom. The second-order valence-corrected chi connectivity index (χ2v) is 7.10. The van der Waals surface area contributed by atoms with Crippen LogP contribution in [-0.2, 0) is 6.54 Å². The van der Waals surface area contributed by atoms with E-state index in [1.54, 1.807) is 0 Å². The average Bonchev–Trinajstić information content (AvgIpc) is 3.34. The minimum absolute atomic E-state index is 0.960. The smallest absolute Gasteiger partial charge is 0.0412 e. The zero-order valence-corrected chi connectivity index (χ0v) is 13.7. The summed E-state index contributed by atoms with van der Waals surface area (Å²) in [5, 5.41) is 3.59. The lowest BCUT2D eigenvalue weighted by Gasteiger charge is -2.28. The second-order valence-electron chi connectivity index (χ2n) is 7.10. The van der Waals surface area contributed by atoms with Crippen molar-refractivity contribution < 1.29 is 0 Å². The van der Waals surface area contributed by atoms with E-state index < -0.39 is 0 Å². The number of benzene rings is 1. The summed E-state index contributed by atoms with van der Waals surface area (Å²) in [6.07, 6.45) is 6.97. The van der Waals surface area contributed by atoms with Crippen LogP contribution in [0.5, 0.6) is 0 Å². The first-order valence-electron chi connectivity index (χ1n) is 8.81. The van der Waals surface area contributed by atoms with Crippen LogP contribution in [0.4, 0.5) is 5.69 Å². The lowest BCUT2D eigenvalue weighted by molar-refractivity contribution is 0.654. The number of nitrogens with one attached hydrogen (secondary N) is 1. The Morgan fingerprint density at radius 1 is 1.10 bits per heavy atom. The van der Waals surface area contributed by atoms with E-state index in [1.165, 1.54) is 62.0 Å². The van der Waals surface area contributed by atoms with Crippen LogP contribution in [0.15, 0.2) is 18.2 Å². The van der Waals surface area contributed by atoms with Crippen molar-refractivity contribution in [1.29, 1.82) is 0 Å². The summed E-state index contributed by atoms with van der Waals surface area (Å²) < 4.78 is 0. The molecule has 2 fully saturated rings. The van der Waals surface area contributed by atoms with Crippen molar-refractivity contribution in [3.05, 3.63) is 29.3 Å². The maximum absolute atomic E-state index is 3.59. The average molecular weight is 286 g/mol. The van der Waals surface area contributed by atoms with Gasteiger partial charge in [-0.25, -0.2) is 0 Å². The molecule has 2 aliphatic rings. The third-order valence-corrected chi connectivity index (χ3v) is 4.67. The Morgan fingerprint density at radius 3 is 2.33 bits per heavy atom. The predicted molar refractivity (Wildman–Crippen MR) is 90.8 cm³/mol. The number of hydrogen-bond donors (Lipinski definition) is 1. The highest BCUT2D eigenvalue weighted by Crippen LogP contribution is 2.36. The van der Waals surface area contributed by atoms with E-state index in [2.05, 4.69) is 42.3 Å². The molecule has 2 heteroatoms. The van der Waals surface area contributed by atoms with Crippen LogP contribution in [0.1, 0.15) is 50.2 Å². The fraction of sp³-hybridized carbons (Fsp3) is 0.684. The highest BCUT2D eigenvalue weighted by molar-refractivity contribution is 5.55. The molecule has 1 aromatic rings. The van der Waals surface area contributed by atoms with Crippen LogP contribution >= 0.6 is 0 Å². The fourth-order valence-electron chi connectivity index (χ4n) is 3.06. The van der Waals surface area contributed by atoms with Crippen molar-refractivity contribution in [2.45, 2.75) is 52.5 Å². The molecule has 0 unspecified atom stereocenters. The molecular weight excluding hydrogens is 256 g/mol. The normalized spacial score (nSPS) is 18.0. The number of nitrogens with zero attached hydrogens (tertiary/aromatic N) is 1. The fourth-order valence-corrected chi connectivity index (χ4v) is 3.06. The van der Waals surface area contributed by atoms with Crippen LogP contribution in [0.2, 0.25) is 0 Å². The van der Waals surface area contributed by atoms with Gasteiger partial charge in [0.15, 0.2) is 0 Å². The molecule has 0 heterocycles. The van der Waals surface area contributed by atoms with Gasteiger partial charge in [0.1, 0.15) is 0 Å². The van der Waals surface area contributed by atoms with Crippen LogP contribution in [-0.4, -0.2) is 19.6 Å². The van der Waals surface area contributed by atoms with Crippen molar-refractivity contribution in [1.82, 2.24) is 5.32 Å². The van der Waals surface area contributed by atoms with E-state index in [0.717, 1.165) is 24.9 Å². The molecule has 2 saturated carbocycles. The standard InChI is InChI=1S/C19H30N2/c1-3-10-20-12-18-11-15(2)4-9-19(18)21(13-16-5-6-16)14-17-7-8-17/h4,9,11,16-17,20H,3,5-8,10,12-14H2,1-2H3. The van der Waals surface area contributed by atoms with Gasteiger partial charge in [0.2, 0.25) is 0 Å². The highest BCUT2D eigenvalue weighted by Gasteiger charge is 2.30. The molecule has 2 nitrogen and oxygen atoms in total. The minimum Gasteiger partial charge on any atom is -0.371 e. The quantitative estimate of drug-likeness (QED) is 0.687. The Balaban J connectivity index is 1.74. The van der Waals surface area contributed by atoms with E-state index in [1.807, 2.05) is 0 Å². The van der Waals surface area contributed by atoms with E-state index in [-0.39, 0.29) is 0 Å². The Hall–Kier alpha value is -1.02. The van der Waals surface area contributed by atoms with Crippen molar-refractivity contribution in [3.8, 4) is 0 Å².